The Labute approximate surface area is 246 Å². The molecule has 0 aliphatic rings. The summed E-state index contributed by atoms with van der Waals surface area (Å²) in [5.74, 6) is -0.773. The highest BCUT2D eigenvalue weighted by Gasteiger charge is 2.33. The summed E-state index contributed by atoms with van der Waals surface area (Å²) in [6.07, 6.45) is 0.744. The van der Waals surface area contributed by atoms with Gasteiger partial charge in [-0.2, -0.15) is 0 Å². The molecule has 0 unspecified atom stereocenters. The Morgan fingerprint density at radius 3 is 2.08 bits per heavy atom. The molecular formula is C31H38BrN3O4S. The Morgan fingerprint density at radius 1 is 0.900 bits per heavy atom. The fourth-order valence-corrected chi connectivity index (χ4v) is 6.01. The summed E-state index contributed by atoms with van der Waals surface area (Å²) in [7, 11) is -4.10. The highest BCUT2D eigenvalue weighted by molar-refractivity contribution is 9.10. The minimum absolute atomic E-state index is 0.0618. The first-order valence-corrected chi connectivity index (χ1v) is 15.6. The lowest BCUT2D eigenvalue weighted by Crippen LogP contribution is -2.52. The first-order valence-electron chi connectivity index (χ1n) is 13.3. The smallest absolute Gasteiger partial charge is 0.264 e. The van der Waals surface area contributed by atoms with Gasteiger partial charge >= 0.3 is 0 Å². The van der Waals surface area contributed by atoms with Crippen LogP contribution in [0.5, 0.6) is 0 Å². The first kappa shape index (κ1) is 31.4. The number of aryl methyl sites for hydroxylation is 3. The fourth-order valence-electron chi connectivity index (χ4n) is 4.27. The van der Waals surface area contributed by atoms with Gasteiger partial charge in [-0.25, -0.2) is 8.42 Å². The van der Waals surface area contributed by atoms with Gasteiger partial charge in [0.1, 0.15) is 12.6 Å². The van der Waals surface area contributed by atoms with E-state index in [1.54, 1.807) is 37.3 Å². The van der Waals surface area contributed by atoms with Gasteiger partial charge in [0.25, 0.3) is 10.0 Å². The van der Waals surface area contributed by atoms with Gasteiger partial charge in [-0.3, -0.25) is 13.9 Å². The van der Waals surface area contributed by atoms with Crippen molar-refractivity contribution in [1.29, 1.82) is 0 Å². The molecule has 1 N–H and O–H groups in total. The average molecular weight is 629 g/mol. The van der Waals surface area contributed by atoms with Crippen LogP contribution in [-0.4, -0.2) is 43.8 Å². The van der Waals surface area contributed by atoms with Crippen molar-refractivity contribution in [3.63, 3.8) is 0 Å². The molecule has 2 amide bonds. The number of nitrogens with zero attached hydrogens (tertiary/aromatic N) is 2. The lowest BCUT2D eigenvalue weighted by Gasteiger charge is -2.33. The molecule has 40 heavy (non-hydrogen) atoms. The van der Waals surface area contributed by atoms with E-state index in [2.05, 4.69) is 21.2 Å². The minimum atomic E-state index is -4.10. The van der Waals surface area contributed by atoms with Crippen LogP contribution in [0.15, 0.2) is 76.1 Å². The maximum absolute atomic E-state index is 14.0. The van der Waals surface area contributed by atoms with E-state index >= 15 is 0 Å². The molecule has 9 heteroatoms. The van der Waals surface area contributed by atoms with E-state index < -0.39 is 28.5 Å². The molecule has 0 saturated heterocycles. The zero-order valence-corrected chi connectivity index (χ0v) is 26.3. The minimum Gasteiger partial charge on any atom is -0.352 e. The molecule has 0 aliphatic heterocycles. The Hall–Kier alpha value is -3.17. The van der Waals surface area contributed by atoms with Crippen molar-refractivity contribution >= 4 is 43.5 Å². The van der Waals surface area contributed by atoms with Crippen LogP contribution in [0, 0.1) is 20.8 Å². The predicted octanol–water partition coefficient (Wildman–Crippen LogP) is 5.90. The molecular weight excluding hydrogens is 590 g/mol. The van der Waals surface area contributed by atoms with Crippen LogP contribution in [0.3, 0.4) is 0 Å². The molecule has 0 saturated carbocycles. The van der Waals surface area contributed by atoms with Crippen molar-refractivity contribution in [3.05, 3.63) is 93.5 Å². The Bertz CT molecular complexity index is 1440. The largest absolute Gasteiger partial charge is 0.352 e. The lowest BCUT2D eigenvalue weighted by atomic mass is 10.1. The molecule has 7 nitrogen and oxygen atoms in total. The van der Waals surface area contributed by atoms with Gasteiger partial charge in [-0.15, -0.1) is 0 Å². The van der Waals surface area contributed by atoms with E-state index in [4.69, 9.17) is 0 Å². The average Bonchev–Trinajstić information content (AvgIpc) is 2.91. The third-order valence-corrected chi connectivity index (χ3v) is 9.25. The summed E-state index contributed by atoms with van der Waals surface area (Å²) < 4.78 is 30.0. The standard InChI is InChI=1S/C31H38BrN3O4S/c1-7-24(5)33-31(37)25(6)34(19-26-11-13-27(32)14-12-26)30(36)20-35(29-17-10-22(3)18-23(29)4)40(38,39)28-15-8-21(2)9-16-28/h8-18,24-25H,7,19-20H2,1-6H3,(H,33,37)/t24-,25+/m1/s1. The molecule has 3 rings (SSSR count). The van der Waals surface area contributed by atoms with E-state index in [0.29, 0.717) is 5.69 Å². The molecule has 0 fully saturated rings. The molecule has 0 radical (unpaired) electrons. The van der Waals surface area contributed by atoms with Crippen molar-refractivity contribution in [3.8, 4) is 0 Å². The van der Waals surface area contributed by atoms with Crippen LogP contribution in [0.1, 0.15) is 49.4 Å². The molecule has 0 bridgehead atoms. The van der Waals surface area contributed by atoms with E-state index in [0.717, 1.165) is 37.5 Å². The number of carbonyl (C=O) groups excluding carboxylic acids is 2. The van der Waals surface area contributed by atoms with Crippen LogP contribution in [-0.2, 0) is 26.2 Å². The van der Waals surface area contributed by atoms with E-state index in [-0.39, 0.29) is 23.4 Å². The number of benzene rings is 3. The van der Waals surface area contributed by atoms with Gasteiger partial charge in [-0.05, 0) is 82.5 Å². The number of carbonyl (C=O) groups is 2. The molecule has 3 aromatic carbocycles. The molecule has 0 spiro atoms. The number of rotatable bonds is 11. The molecule has 214 valence electrons. The molecule has 2 atom stereocenters. The van der Waals surface area contributed by atoms with Crippen molar-refractivity contribution in [1.82, 2.24) is 10.2 Å². The first-order chi connectivity index (χ1) is 18.8. The molecule has 0 aromatic heterocycles. The summed E-state index contributed by atoms with van der Waals surface area (Å²) >= 11 is 3.43. The van der Waals surface area contributed by atoms with E-state index in [1.165, 1.54) is 4.90 Å². The maximum atomic E-state index is 14.0. The number of hydrogen-bond acceptors (Lipinski definition) is 4. The highest BCUT2D eigenvalue weighted by atomic mass is 79.9. The van der Waals surface area contributed by atoms with Crippen molar-refractivity contribution < 1.29 is 18.0 Å². The van der Waals surface area contributed by atoms with Crippen LogP contribution < -0.4 is 9.62 Å². The Morgan fingerprint density at radius 2 is 1.50 bits per heavy atom. The summed E-state index contributed by atoms with van der Waals surface area (Å²) in [4.78, 5) is 28.7. The Kier molecular flexibility index (Phi) is 10.6. The SMILES string of the molecule is CC[C@@H](C)NC(=O)[C@H](C)N(Cc1ccc(Br)cc1)C(=O)CN(c1ccc(C)cc1C)S(=O)(=O)c1ccc(C)cc1. The quantitative estimate of drug-likeness (QED) is 0.287. The van der Waals surface area contributed by atoms with Crippen LogP contribution in [0.4, 0.5) is 5.69 Å². The third kappa shape index (κ3) is 7.73. The number of nitrogens with one attached hydrogen (secondary N) is 1. The van der Waals surface area contributed by atoms with E-state index in [1.807, 2.05) is 71.0 Å². The van der Waals surface area contributed by atoms with Gasteiger partial charge in [0.05, 0.1) is 10.6 Å². The van der Waals surface area contributed by atoms with Crippen LogP contribution in [0.25, 0.3) is 0 Å². The monoisotopic (exact) mass is 627 g/mol. The van der Waals surface area contributed by atoms with Crippen molar-refractivity contribution in [2.24, 2.45) is 0 Å². The zero-order valence-electron chi connectivity index (χ0n) is 23.9. The van der Waals surface area contributed by atoms with Gasteiger partial charge in [0, 0.05) is 17.1 Å². The highest BCUT2D eigenvalue weighted by Crippen LogP contribution is 2.28. The van der Waals surface area contributed by atoms with Gasteiger partial charge < -0.3 is 10.2 Å². The molecule has 3 aromatic rings. The van der Waals surface area contributed by atoms with Crippen LogP contribution >= 0.6 is 15.9 Å². The second-order valence-electron chi connectivity index (χ2n) is 10.3. The molecule has 0 heterocycles. The number of anilines is 1. The second-order valence-corrected chi connectivity index (χ2v) is 13.0. The summed E-state index contributed by atoms with van der Waals surface area (Å²) in [5, 5.41) is 2.95. The van der Waals surface area contributed by atoms with Crippen molar-refractivity contribution in [2.75, 3.05) is 10.8 Å². The van der Waals surface area contributed by atoms with Crippen molar-refractivity contribution in [2.45, 2.75) is 71.5 Å². The fraction of sp³-hybridized carbons (Fsp3) is 0.355. The second kappa shape index (κ2) is 13.5. The number of halogens is 1. The maximum Gasteiger partial charge on any atom is 0.264 e. The van der Waals surface area contributed by atoms with Gasteiger partial charge in [0.2, 0.25) is 11.8 Å². The number of amides is 2. The number of sulfonamides is 1. The Balaban J connectivity index is 2.05. The zero-order chi connectivity index (χ0) is 29.6. The summed E-state index contributed by atoms with van der Waals surface area (Å²) in [6, 6.07) is 18.6. The predicted molar refractivity (Wildman–Crippen MR) is 164 cm³/mol. The van der Waals surface area contributed by atoms with Crippen LogP contribution in [0.2, 0.25) is 0 Å². The summed E-state index contributed by atoms with van der Waals surface area (Å²) in [6.45, 7) is 10.9. The normalized spacial score (nSPS) is 12.9. The lowest BCUT2D eigenvalue weighted by molar-refractivity contribution is -0.139. The topological polar surface area (TPSA) is 86.8 Å². The van der Waals surface area contributed by atoms with Gasteiger partial charge in [-0.1, -0.05) is 70.4 Å². The van der Waals surface area contributed by atoms with E-state index in [9.17, 15) is 18.0 Å². The summed E-state index contributed by atoms with van der Waals surface area (Å²) in [5.41, 5.74) is 3.87. The number of hydrogen-bond donors (Lipinski definition) is 1. The molecule has 0 aliphatic carbocycles. The van der Waals surface area contributed by atoms with Gasteiger partial charge in [0.15, 0.2) is 0 Å². The third-order valence-electron chi connectivity index (χ3n) is 6.94.